The molecule has 3 rings (SSSR count). The molecule has 1 aromatic heterocycles. The molecule has 23 heavy (non-hydrogen) atoms. The predicted molar refractivity (Wildman–Crippen MR) is 85.8 cm³/mol. The molecule has 0 unspecified atom stereocenters. The summed E-state index contributed by atoms with van der Waals surface area (Å²) in [6, 6.07) is 8.98. The Morgan fingerprint density at radius 3 is 2.91 bits per heavy atom. The van der Waals surface area contributed by atoms with E-state index in [9.17, 15) is 9.90 Å². The van der Waals surface area contributed by atoms with Gasteiger partial charge in [-0.05, 0) is 30.7 Å². The van der Waals surface area contributed by atoms with Crippen molar-refractivity contribution in [2.45, 2.75) is 19.5 Å². The summed E-state index contributed by atoms with van der Waals surface area (Å²) >= 11 is 6.26. The number of furan rings is 1. The number of hydrogen-bond donors (Lipinski definition) is 1. The highest BCUT2D eigenvalue weighted by molar-refractivity contribution is 6.34. The second kappa shape index (κ2) is 6.74. The maximum Gasteiger partial charge on any atom is 0.337 e. The van der Waals surface area contributed by atoms with Crippen molar-refractivity contribution in [2.24, 2.45) is 0 Å². The lowest BCUT2D eigenvalue weighted by molar-refractivity contribution is -0.0205. The van der Waals surface area contributed by atoms with Gasteiger partial charge < -0.3 is 14.3 Å². The Balaban J connectivity index is 1.85. The van der Waals surface area contributed by atoms with E-state index >= 15 is 0 Å². The van der Waals surface area contributed by atoms with E-state index < -0.39 is 5.97 Å². The molecule has 0 radical (unpaired) electrons. The molecule has 1 fully saturated rings. The molecule has 1 atom stereocenters. The molecule has 122 valence electrons. The first-order valence-electron chi connectivity index (χ1n) is 7.45. The van der Waals surface area contributed by atoms with Crippen molar-refractivity contribution in [1.82, 2.24) is 4.90 Å². The van der Waals surface area contributed by atoms with Gasteiger partial charge >= 0.3 is 5.97 Å². The Labute approximate surface area is 139 Å². The first-order chi connectivity index (χ1) is 11.1. The maximum atomic E-state index is 11.2. The normalized spacial score (nSPS) is 19.0. The van der Waals surface area contributed by atoms with Crippen LogP contribution in [0.2, 0.25) is 5.02 Å². The molecular formula is C17H18ClNO4. The minimum Gasteiger partial charge on any atom is -0.478 e. The van der Waals surface area contributed by atoms with E-state index in [4.69, 9.17) is 20.8 Å². The van der Waals surface area contributed by atoms with Gasteiger partial charge in [-0.2, -0.15) is 0 Å². The minimum absolute atomic E-state index is 0.00185. The second-order valence-corrected chi connectivity index (χ2v) is 5.97. The summed E-state index contributed by atoms with van der Waals surface area (Å²) in [5, 5.41) is 9.49. The molecule has 1 aliphatic heterocycles. The van der Waals surface area contributed by atoms with Crippen molar-refractivity contribution >= 4 is 17.6 Å². The highest BCUT2D eigenvalue weighted by Crippen LogP contribution is 2.30. The number of benzene rings is 1. The van der Waals surface area contributed by atoms with Gasteiger partial charge in [0.15, 0.2) is 0 Å². The summed E-state index contributed by atoms with van der Waals surface area (Å²) in [5.74, 6) is 0.696. The number of carboxylic acid groups (broad SMARTS) is 1. The van der Waals surface area contributed by atoms with E-state index in [0.29, 0.717) is 24.8 Å². The fraction of sp³-hybridized carbons (Fsp3) is 0.353. The number of halogens is 1. The number of morpholine rings is 1. The van der Waals surface area contributed by atoms with Crippen LogP contribution in [0, 0.1) is 6.92 Å². The van der Waals surface area contributed by atoms with Gasteiger partial charge in [0, 0.05) is 13.1 Å². The van der Waals surface area contributed by atoms with Gasteiger partial charge in [-0.3, -0.25) is 4.90 Å². The third-order valence-corrected chi connectivity index (χ3v) is 4.46. The Bertz CT molecular complexity index is 712. The van der Waals surface area contributed by atoms with E-state index in [-0.39, 0.29) is 11.6 Å². The molecule has 0 aliphatic carbocycles. The number of ether oxygens (including phenoxy) is 1. The van der Waals surface area contributed by atoms with Crippen molar-refractivity contribution in [3.8, 4) is 0 Å². The summed E-state index contributed by atoms with van der Waals surface area (Å²) in [6.07, 6.45) is 0. The molecule has 2 aromatic rings. The van der Waals surface area contributed by atoms with Crippen LogP contribution >= 0.6 is 11.6 Å². The molecule has 0 amide bonds. The number of aromatic carboxylic acids is 1. The summed E-state index contributed by atoms with van der Waals surface area (Å²) in [5.41, 5.74) is 0.921. The van der Waals surface area contributed by atoms with Crippen molar-refractivity contribution in [3.63, 3.8) is 0 Å². The summed E-state index contributed by atoms with van der Waals surface area (Å²) in [6.45, 7) is 4.37. The monoisotopic (exact) mass is 335 g/mol. The van der Waals surface area contributed by atoms with Crippen LogP contribution in [0.1, 0.15) is 33.5 Å². The van der Waals surface area contributed by atoms with Crippen LogP contribution in [0.5, 0.6) is 0 Å². The maximum absolute atomic E-state index is 11.2. The van der Waals surface area contributed by atoms with E-state index in [1.54, 1.807) is 6.07 Å². The Hall–Kier alpha value is -1.82. The van der Waals surface area contributed by atoms with Crippen molar-refractivity contribution < 1.29 is 19.1 Å². The van der Waals surface area contributed by atoms with Crippen LogP contribution in [0.25, 0.3) is 0 Å². The number of aryl methyl sites for hydroxylation is 1. The average molecular weight is 336 g/mol. The zero-order valence-electron chi connectivity index (χ0n) is 12.8. The lowest BCUT2D eigenvalue weighted by atomic mass is 10.1. The molecule has 1 aliphatic rings. The van der Waals surface area contributed by atoms with Gasteiger partial charge in [0.05, 0.1) is 29.8 Å². The molecule has 1 saturated heterocycles. The topological polar surface area (TPSA) is 62.9 Å². The highest BCUT2D eigenvalue weighted by Gasteiger charge is 2.28. The predicted octanol–water partition coefficient (Wildman–Crippen LogP) is 3.51. The number of carboxylic acids is 1. The average Bonchev–Trinajstić information content (AvgIpc) is 2.96. The number of rotatable bonds is 4. The van der Waals surface area contributed by atoms with Gasteiger partial charge in [0.2, 0.25) is 0 Å². The van der Waals surface area contributed by atoms with Crippen LogP contribution in [-0.4, -0.2) is 35.7 Å². The van der Waals surface area contributed by atoms with Gasteiger partial charge in [0.1, 0.15) is 11.5 Å². The first-order valence-corrected chi connectivity index (χ1v) is 7.83. The quantitative estimate of drug-likeness (QED) is 0.926. The Morgan fingerprint density at radius 2 is 2.22 bits per heavy atom. The molecule has 2 heterocycles. The Kier molecular flexibility index (Phi) is 4.71. The van der Waals surface area contributed by atoms with Crippen LogP contribution in [0.3, 0.4) is 0 Å². The lowest BCUT2D eigenvalue weighted by Gasteiger charge is -2.34. The molecule has 1 aromatic carbocycles. The Morgan fingerprint density at radius 1 is 1.39 bits per heavy atom. The minimum atomic E-state index is -1.02. The highest BCUT2D eigenvalue weighted by atomic mass is 35.5. The summed E-state index contributed by atoms with van der Waals surface area (Å²) in [7, 11) is 0. The van der Waals surface area contributed by atoms with Gasteiger partial charge in [-0.1, -0.05) is 23.7 Å². The summed E-state index contributed by atoms with van der Waals surface area (Å²) in [4.78, 5) is 13.4. The molecule has 5 nitrogen and oxygen atoms in total. The molecule has 0 bridgehead atoms. The van der Waals surface area contributed by atoms with Gasteiger partial charge in [0.25, 0.3) is 0 Å². The van der Waals surface area contributed by atoms with Crippen molar-refractivity contribution in [2.75, 3.05) is 19.8 Å². The van der Waals surface area contributed by atoms with Crippen LogP contribution in [0.15, 0.2) is 34.7 Å². The number of carbonyl (C=O) groups is 1. The number of nitrogens with zero attached hydrogens (tertiary/aromatic N) is 1. The van der Waals surface area contributed by atoms with Crippen molar-refractivity contribution in [3.05, 3.63) is 58.0 Å². The van der Waals surface area contributed by atoms with Gasteiger partial charge in [-0.25, -0.2) is 4.79 Å². The van der Waals surface area contributed by atoms with E-state index in [1.165, 1.54) is 6.07 Å². The molecular weight excluding hydrogens is 318 g/mol. The van der Waals surface area contributed by atoms with Gasteiger partial charge in [-0.15, -0.1) is 0 Å². The standard InChI is InChI=1S/C17H18ClNO4/c1-11-5-6-15(23-11)14-10-22-8-7-19(14)9-12-3-2-4-13(16(12)18)17(20)21/h2-6,14H,7-10H2,1H3,(H,20,21)/t14-/m0/s1. The van der Waals surface area contributed by atoms with Crippen LogP contribution in [0.4, 0.5) is 0 Å². The second-order valence-electron chi connectivity index (χ2n) is 5.59. The smallest absolute Gasteiger partial charge is 0.337 e. The molecule has 6 heteroatoms. The zero-order chi connectivity index (χ0) is 16.4. The SMILES string of the molecule is Cc1ccc([C@@H]2COCCN2Cc2cccc(C(=O)O)c2Cl)o1. The first kappa shape index (κ1) is 16.1. The van der Waals surface area contributed by atoms with E-state index in [2.05, 4.69) is 4.90 Å². The van der Waals surface area contributed by atoms with Crippen LogP contribution in [-0.2, 0) is 11.3 Å². The van der Waals surface area contributed by atoms with Crippen molar-refractivity contribution in [1.29, 1.82) is 0 Å². The van der Waals surface area contributed by atoms with E-state index in [1.807, 2.05) is 25.1 Å². The third-order valence-electron chi connectivity index (χ3n) is 4.01. The molecule has 1 N–H and O–H groups in total. The third kappa shape index (κ3) is 3.42. The fourth-order valence-corrected chi connectivity index (χ4v) is 3.07. The van der Waals surface area contributed by atoms with Crippen LogP contribution < -0.4 is 0 Å². The number of hydrogen-bond acceptors (Lipinski definition) is 4. The molecule has 0 saturated carbocycles. The largest absolute Gasteiger partial charge is 0.478 e. The summed E-state index contributed by atoms with van der Waals surface area (Å²) < 4.78 is 11.3. The van der Waals surface area contributed by atoms with E-state index in [0.717, 1.165) is 23.6 Å². The lowest BCUT2D eigenvalue weighted by Crippen LogP contribution is -2.38. The molecule has 0 spiro atoms. The zero-order valence-corrected chi connectivity index (χ0v) is 13.5. The fourth-order valence-electron chi connectivity index (χ4n) is 2.81.